The maximum Gasteiger partial charge on any atom is 0.317 e. The van der Waals surface area contributed by atoms with E-state index < -0.39 is 11.4 Å². The van der Waals surface area contributed by atoms with Crippen molar-refractivity contribution in [2.24, 2.45) is 5.41 Å². The standard InChI is InChI=1S/C16H20N2O3/c1-16(14(19)20)7-8-18(10-16)15(21)17-13-9-12(13)11-5-3-2-4-6-11/h2-6,12-13H,7-10H2,1H3,(H,17,21)(H,19,20)/t12-,13+,16?/m0/s1. The fourth-order valence-corrected chi connectivity index (χ4v) is 2.98. The maximum atomic E-state index is 12.2. The summed E-state index contributed by atoms with van der Waals surface area (Å²) in [6.07, 6.45) is 1.47. The number of nitrogens with one attached hydrogen (secondary N) is 1. The van der Waals surface area contributed by atoms with E-state index in [2.05, 4.69) is 17.4 Å². The summed E-state index contributed by atoms with van der Waals surface area (Å²) in [7, 11) is 0. The van der Waals surface area contributed by atoms with Crippen molar-refractivity contribution in [2.75, 3.05) is 13.1 Å². The Morgan fingerprint density at radius 3 is 2.67 bits per heavy atom. The van der Waals surface area contributed by atoms with Crippen LogP contribution >= 0.6 is 0 Å². The molecular formula is C16H20N2O3. The van der Waals surface area contributed by atoms with E-state index in [4.69, 9.17) is 0 Å². The molecule has 1 aliphatic carbocycles. The smallest absolute Gasteiger partial charge is 0.317 e. The Bertz CT molecular complexity index is 560. The molecule has 1 aliphatic heterocycles. The summed E-state index contributed by atoms with van der Waals surface area (Å²) >= 11 is 0. The summed E-state index contributed by atoms with van der Waals surface area (Å²) in [6.45, 7) is 2.50. The van der Waals surface area contributed by atoms with Crippen LogP contribution in [0.15, 0.2) is 30.3 Å². The number of rotatable bonds is 3. The first-order chi connectivity index (χ1) is 9.99. The molecule has 112 valence electrons. The first-order valence-electron chi connectivity index (χ1n) is 7.33. The van der Waals surface area contributed by atoms with Crippen LogP contribution in [0.25, 0.3) is 0 Å². The topological polar surface area (TPSA) is 69.6 Å². The second-order valence-corrected chi connectivity index (χ2v) is 6.35. The highest BCUT2D eigenvalue weighted by Gasteiger charge is 2.44. The molecule has 1 saturated heterocycles. The van der Waals surface area contributed by atoms with E-state index in [1.807, 2.05) is 18.2 Å². The van der Waals surface area contributed by atoms with Gasteiger partial charge in [-0.3, -0.25) is 4.79 Å². The summed E-state index contributed by atoms with van der Waals surface area (Å²) in [5, 5.41) is 12.2. The number of urea groups is 1. The predicted molar refractivity (Wildman–Crippen MR) is 78.1 cm³/mol. The van der Waals surface area contributed by atoms with Crippen molar-refractivity contribution in [1.82, 2.24) is 10.2 Å². The molecule has 0 aromatic heterocycles. The van der Waals surface area contributed by atoms with Crippen LogP contribution in [0.4, 0.5) is 4.79 Å². The third-order valence-electron chi connectivity index (χ3n) is 4.60. The molecule has 3 atom stereocenters. The fourth-order valence-electron chi connectivity index (χ4n) is 2.98. The zero-order valence-electron chi connectivity index (χ0n) is 12.1. The second kappa shape index (κ2) is 5.06. The monoisotopic (exact) mass is 288 g/mol. The van der Waals surface area contributed by atoms with Gasteiger partial charge in [0.25, 0.3) is 0 Å². The van der Waals surface area contributed by atoms with Crippen LogP contribution in [0.3, 0.4) is 0 Å². The van der Waals surface area contributed by atoms with E-state index in [0.717, 1.165) is 6.42 Å². The molecule has 2 amide bonds. The van der Waals surface area contributed by atoms with Gasteiger partial charge in [-0.2, -0.15) is 0 Å². The van der Waals surface area contributed by atoms with E-state index in [0.29, 0.717) is 18.9 Å². The third kappa shape index (κ3) is 2.73. The number of nitrogens with zero attached hydrogens (tertiary/aromatic N) is 1. The highest BCUT2D eigenvalue weighted by Crippen LogP contribution is 2.41. The summed E-state index contributed by atoms with van der Waals surface area (Å²) < 4.78 is 0. The van der Waals surface area contributed by atoms with Crippen molar-refractivity contribution < 1.29 is 14.7 Å². The van der Waals surface area contributed by atoms with Gasteiger partial charge in [-0.25, -0.2) is 4.79 Å². The molecule has 2 fully saturated rings. The van der Waals surface area contributed by atoms with Gasteiger partial charge < -0.3 is 15.3 Å². The SMILES string of the molecule is CC1(C(=O)O)CCN(C(=O)N[C@@H]2C[C@H]2c2ccccc2)C1. The minimum Gasteiger partial charge on any atom is -0.481 e. The molecular weight excluding hydrogens is 268 g/mol. The van der Waals surface area contributed by atoms with Crippen molar-refractivity contribution in [1.29, 1.82) is 0 Å². The summed E-state index contributed by atoms with van der Waals surface area (Å²) in [4.78, 5) is 25.0. The Morgan fingerprint density at radius 2 is 2.05 bits per heavy atom. The van der Waals surface area contributed by atoms with Gasteiger partial charge in [-0.15, -0.1) is 0 Å². The summed E-state index contributed by atoms with van der Waals surface area (Å²) in [5.74, 6) is -0.435. The molecule has 1 aromatic carbocycles. The minimum atomic E-state index is -0.827. The molecule has 1 aromatic rings. The van der Waals surface area contributed by atoms with E-state index >= 15 is 0 Å². The highest BCUT2D eigenvalue weighted by molar-refractivity contribution is 5.79. The lowest BCUT2D eigenvalue weighted by atomic mass is 9.90. The minimum absolute atomic E-state index is 0.136. The fraction of sp³-hybridized carbons (Fsp3) is 0.500. The molecule has 0 bridgehead atoms. The Kier molecular flexibility index (Phi) is 3.35. The van der Waals surface area contributed by atoms with Crippen LogP contribution in [0.1, 0.15) is 31.2 Å². The lowest BCUT2D eigenvalue weighted by Crippen LogP contribution is -2.42. The lowest BCUT2D eigenvalue weighted by Gasteiger charge is -2.20. The normalized spacial score (nSPS) is 31.0. The number of hydrogen-bond donors (Lipinski definition) is 2. The Hall–Kier alpha value is -2.04. The molecule has 2 aliphatic rings. The van der Waals surface area contributed by atoms with Crippen LogP contribution in [-0.4, -0.2) is 41.1 Å². The summed E-state index contributed by atoms with van der Waals surface area (Å²) in [6, 6.07) is 10.2. The van der Waals surface area contributed by atoms with Crippen LogP contribution in [0, 0.1) is 5.41 Å². The molecule has 0 spiro atoms. The van der Waals surface area contributed by atoms with E-state index in [1.54, 1.807) is 11.8 Å². The van der Waals surface area contributed by atoms with Crippen LogP contribution in [-0.2, 0) is 4.79 Å². The number of amides is 2. The quantitative estimate of drug-likeness (QED) is 0.894. The first kappa shape index (κ1) is 13.9. The van der Waals surface area contributed by atoms with Crippen molar-refractivity contribution in [3.05, 3.63) is 35.9 Å². The van der Waals surface area contributed by atoms with Gasteiger partial charge in [0.05, 0.1) is 5.41 Å². The molecule has 1 unspecified atom stereocenters. The molecule has 21 heavy (non-hydrogen) atoms. The van der Waals surface area contributed by atoms with Gasteiger partial charge in [0.1, 0.15) is 0 Å². The molecule has 0 radical (unpaired) electrons. The number of benzene rings is 1. The summed E-state index contributed by atoms with van der Waals surface area (Å²) in [5.41, 5.74) is 0.444. The molecule has 1 heterocycles. The number of carbonyl (C=O) groups excluding carboxylic acids is 1. The Labute approximate surface area is 123 Å². The van der Waals surface area contributed by atoms with Crippen molar-refractivity contribution >= 4 is 12.0 Å². The number of aliphatic carboxylic acids is 1. The van der Waals surface area contributed by atoms with Crippen molar-refractivity contribution in [2.45, 2.75) is 31.7 Å². The highest BCUT2D eigenvalue weighted by atomic mass is 16.4. The maximum absolute atomic E-state index is 12.2. The lowest BCUT2D eigenvalue weighted by molar-refractivity contribution is -0.146. The van der Waals surface area contributed by atoms with Gasteiger partial charge in [0.2, 0.25) is 0 Å². The number of carbonyl (C=O) groups is 2. The van der Waals surface area contributed by atoms with Gasteiger partial charge >= 0.3 is 12.0 Å². The Balaban J connectivity index is 1.54. The first-order valence-corrected chi connectivity index (χ1v) is 7.33. The zero-order chi connectivity index (χ0) is 15.0. The zero-order valence-corrected chi connectivity index (χ0v) is 12.1. The molecule has 3 rings (SSSR count). The van der Waals surface area contributed by atoms with Crippen molar-refractivity contribution in [3.63, 3.8) is 0 Å². The largest absolute Gasteiger partial charge is 0.481 e. The number of hydrogen-bond acceptors (Lipinski definition) is 2. The van der Waals surface area contributed by atoms with Crippen molar-refractivity contribution in [3.8, 4) is 0 Å². The third-order valence-corrected chi connectivity index (χ3v) is 4.60. The number of likely N-dealkylation sites (tertiary alicyclic amines) is 1. The number of carboxylic acids is 1. The van der Waals surface area contributed by atoms with E-state index in [1.165, 1.54) is 5.56 Å². The molecule has 2 N–H and O–H groups in total. The van der Waals surface area contributed by atoms with Crippen LogP contribution in [0.5, 0.6) is 0 Å². The average Bonchev–Trinajstić information content (AvgIpc) is 3.11. The molecule has 1 saturated carbocycles. The predicted octanol–water partition coefficient (Wildman–Crippen LogP) is 2.05. The molecule has 5 heteroatoms. The van der Waals surface area contributed by atoms with Crippen LogP contribution < -0.4 is 5.32 Å². The van der Waals surface area contributed by atoms with Crippen LogP contribution in [0.2, 0.25) is 0 Å². The number of carboxylic acid groups (broad SMARTS) is 1. The van der Waals surface area contributed by atoms with E-state index in [-0.39, 0.29) is 18.6 Å². The molecule has 5 nitrogen and oxygen atoms in total. The second-order valence-electron chi connectivity index (χ2n) is 6.35. The van der Waals surface area contributed by atoms with Gasteiger partial charge in [0, 0.05) is 25.0 Å². The Morgan fingerprint density at radius 1 is 1.33 bits per heavy atom. The average molecular weight is 288 g/mol. The van der Waals surface area contributed by atoms with E-state index in [9.17, 15) is 14.7 Å². The van der Waals surface area contributed by atoms with Gasteiger partial charge in [0.15, 0.2) is 0 Å². The van der Waals surface area contributed by atoms with Gasteiger partial charge in [-0.1, -0.05) is 30.3 Å². The van der Waals surface area contributed by atoms with Gasteiger partial charge in [-0.05, 0) is 25.3 Å².